The smallest absolute Gasteiger partial charge is 0.239 e. The number of carbonyl (C=O) groups excluding carboxylic acids is 1. The lowest BCUT2D eigenvalue weighted by Gasteiger charge is -2.27. The number of hydrogen-bond donors (Lipinski definition) is 2. The van der Waals surface area contributed by atoms with Crippen molar-refractivity contribution in [1.82, 2.24) is 14.9 Å². The maximum atomic E-state index is 11.5. The Hall–Kier alpha value is 0.1000. The first-order valence-corrected chi connectivity index (χ1v) is 6.97. The minimum absolute atomic E-state index is 0.353. The molecule has 7 heteroatoms. The summed E-state index contributed by atoms with van der Waals surface area (Å²) in [6.45, 7) is 4.94. The Morgan fingerprint density at radius 3 is 2.69 bits per heavy atom. The molecule has 1 aromatic rings. The molecule has 0 fully saturated rings. The second kappa shape index (κ2) is 5.63. The zero-order valence-electron chi connectivity index (χ0n) is 9.13. The molecule has 16 heavy (non-hydrogen) atoms. The maximum absolute atomic E-state index is 11.5. The summed E-state index contributed by atoms with van der Waals surface area (Å²) in [4.78, 5) is 15.6. The summed E-state index contributed by atoms with van der Waals surface area (Å²) >= 11 is 4.36. The number of primary amides is 1. The van der Waals surface area contributed by atoms with Crippen LogP contribution in [0.4, 0.5) is 0 Å². The lowest BCUT2D eigenvalue weighted by atomic mass is 10.0. The summed E-state index contributed by atoms with van der Waals surface area (Å²) < 4.78 is 3.88. The van der Waals surface area contributed by atoms with Gasteiger partial charge in [-0.15, -0.1) is 0 Å². The van der Waals surface area contributed by atoms with Crippen molar-refractivity contribution in [3.63, 3.8) is 0 Å². The highest BCUT2D eigenvalue weighted by Crippen LogP contribution is 2.16. The first kappa shape index (κ1) is 14.2. The predicted octanol–water partition coefficient (Wildman–Crippen LogP) is 0.946. The Bertz CT molecular complexity index is 393. The quantitative estimate of drug-likeness (QED) is 0.660. The van der Waals surface area contributed by atoms with E-state index in [1.165, 1.54) is 0 Å². The highest BCUT2D eigenvalue weighted by Gasteiger charge is 2.31. The van der Waals surface area contributed by atoms with Crippen LogP contribution in [0.25, 0.3) is 0 Å². The molecule has 1 atom stereocenters. The van der Waals surface area contributed by atoms with Crippen molar-refractivity contribution in [2.45, 2.75) is 25.9 Å². The second-order valence-electron chi connectivity index (χ2n) is 3.68. The van der Waals surface area contributed by atoms with E-state index in [0.29, 0.717) is 13.1 Å². The van der Waals surface area contributed by atoms with Gasteiger partial charge in [-0.3, -0.25) is 4.79 Å². The normalized spacial score (nSPS) is 14.8. The van der Waals surface area contributed by atoms with Crippen LogP contribution >= 0.6 is 45.2 Å². The molecule has 0 aliphatic rings. The molecule has 0 spiro atoms. The summed E-state index contributed by atoms with van der Waals surface area (Å²) in [5, 5.41) is 3.11. The van der Waals surface area contributed by atoms with Gasteiger partial charge in [-0.25, -0.2) is 4.98 Å². The Morgan fingerprint density at radius 2 is 2.31 bits per heavy atom. The Morgan fingerprint density at radius 1 is 1.69 bits per heavy atom. The van der Waals surface area contributed by atoms with E-state index in [0.717, 1.165) is 7.40 Å². The van der Waals surface area contributed by atoms with Gasteiger partial charge in [-0.2, -0.15) is 0 Å². The van der Waals surface area contributed by atoms with Gasteiger partial charge in [-0.1, -0.05) is 6.92 Å². The Labute approximate surface area is 122 Å². The maximum Gasteiger partial charge on any atom is 0.239 e. The third-order valence-electron chi connectivity index (χ3n) is 2.33. The highest BCUT2D eigenvalue weighted by atomic mass is 127. The molecule has 0 bridgehead atoms. The Balaban J connectivity index is 2.92. The molecule has 0 saturated heterocycles. The van der Waals surface area contributed by atoms with Crippen molar-refractivity contribution in [3.05, 3.63) is 13.7 Å². The lowest BCUT2D eigenvalue weighted by molar-refractivity contribution is -0.124. The molecule has 3 N–H and O–H groups in total. The van der Waals surface area contributed by atoms with Gasteiger partial charge >= 0.3 is 0 Å². The number of nitrogens with zero attached hydrogens (tertiary/aromatic N) is 2. The van der Waals surface area contributed by atoms with Crippen molar-refractivity contribution in [2.24, 2.45) is 5.73 Å². The zero-order chi connectivity index (χ0) is 12.3. The van der Waals surface area contributed by atoms with Crippen LogP contribution in [0.5, 0.6) is 0 Å². The highest BCUT2D eigenvalue weighted by molar-refractivity contribution is 14.1. The van der Waals surface area contributed by atoms with Crippen molar-refractivity contribution >= 4 is 51.1 Å². The molecule has 90 valence electrons. The fraction of sp³-hybridized carbons (Fsp3) is 0.556. The monoisotopic (exact) mass is 448 g/mol. The van der Waals surface area contributed by atoms with Gasteiger partial charge in [0.25, 0.3) is 0 Å². The largest absolute Gasteiger partial charge is 0.368 e. The van der Waals surface area contributed by atoms with E-state index < -0.39 is 5.54 Å². The van der Waals surface area contributed by atoms with E-state index in [2.05, 4.69) is 55.5 Å². The molecule has 1 rings (SSSR count). The van der Waals surface area contributed by atoms with Crippen LogP contribution in [0.3, 0.4) is 0 Å². The van der Waals surface area contributed by atoms with E-state index in [9.17, 15) is 4.79 Å². The number of halogens is 2. The first-order valence-electron chi connectivity index (χ1n) is 4.81. The SMILES string of the molecule is CCNC(C)(Cn1cnc(I)c1I)C(N)=O. The minimum Gasteiger partial charge on any atom is -0.368 e. The van der Waals surface area contributed by atoms with Crippen molar-refractivity contribution < 1.29 is 4.79 Å². The first-order chi connectivity index (χ1) is 7.40. The number of amides is 1. The predicted molar refractivity (Wildman–Crippen MR) is 78.9 cm³/mol. The van der Waals surface area contributed by atoms with Crippen molar-refractivity contribution in [1.29, 1.82) is 0 Å². The number of aromatic nitrogens is 2. The van der Waals surface area contributed by atoms with Gasteiger partial charge in [0.05, 0.1) is 12.9 Å². The summed E-state index contributed by atoms with van der Waals surface area (Å²) in [6, 6.07) is 0. The van der Waals surface area contributed by atoms with E-state index in [-0.39, 0.29) is 5.91 Å². The molecule has 1 heterocycles. The minimum atomic E-state index is -0.738. The zero-order valence-corrected chi connectivity index (χ0v) is 13.4. The molecule has 0 aromatic carbocycles. The van der Waals surface area contributed by atoms with E-state index >= 15 is 0 Å². The van der Waals surface area contributed by atoms with E-state index in [4.69, 9.17) is 5.73 Å². The standard InChI is InChI=1S/C9H14I2N4O/c1-3-14-9(2,8(12)16)4-15-5-13-6(10)7(15)11/h5,14H,3-4H2,1-2H3,(H2,12,16). The fourth-order valence-electron chi connectivity index (χ4n) is 1.40. The third-order valence-corrected chi connectivity index (χ3v) is 5.28. The summed E-state index contributed by atoms with van der Waals surface area (Å²) in [7, 11) is 0. The number of nitrogens with two attached hydrogens (primary N) is 1. The van der Waals surface area contributed by atoms with Gasteiger partial charge in [0, 0.05) is 0 Å². The van der Waals surface area contributed by atoms with Crippen LogP contribution in [0.2, 0.25) is 0 Å². The lowest BCUT2D eigenvalue weighted by Crippen LogP contribution is -2.55. The number of nitrogens with one attached hydrogen (secondary N) is 1. The fourth-order valence-corrected chi connectivity index (χ4v) is 2.27. The van der Waals surface area contributed by atoms with Crippen molar-refractivity contribution in [3.8, 4) is 0 Å². The molecule has 5 nitrogen and oxygen atoms in total. The van der Waals surface area contributed by atoms with Crippen LogP contribution in [0.15, 0.2) is 6.33 Å². The van der Waals surface area contributed by atoms with Gasteiger partial charge in [0.2, 0.25) is 5.91 Å². The molecule has 1 unspecified atom stereocenters. The second-order valence-corrected chi connectivity index (χ2v) is 5.72. The van der Waals surface area contributed by atoms with Crippen LogP contribution in [-0.2, 0) is 11.3 Å². The third kappa shape index (κ3) is 3.06. The van der Waals surface area contributed by atoms with Crippen LogP contribution < -0.4 is 11.1 Å². The number of likely N-dealkylation sites (N-methyl/N-ethyl adjacent to an activating group) is 1. The topological polar surface area (TPSA) is 72.9 Å². The number of carbonyl (C=O) groups is 1. The molecule has 1 aromatic heterocycles. The van der Waals surface area contributed by atoms with Crippen LogP contribution in [-0.4, -0.2) is 27.5 Å². The van der Waals surface area contributed by atoms with Gasteiger partial charge in [-0.05, 0) is 58.7 Å². The van der Waals surface area contributed by atoms with Crippen LogP contribution in [0.1, 0.15) is 13.8 Å². The number of hydrogen-bond acceptors (Lipinski definition) is 3. The van der Waals surface area contributed by atoms with Gasteiger partial charge in [0.1, 0.15) is 12.9 Å². The molecule has 0 saturated carbocycles. The van der Waals surface area contributed by atoms with Gasteiger partial charge in [0.15, 0.2) is 0 Å². The average Bonchev–Trinajstić information content (AvgIpc) is 2.50. The van der Waals surface area contributed by atoms with E-state index in [1.807, 2.05) is 18.4 Å². The summed E-state index contributed by atoms with van der Waals surface area (Å²) in [5.74, 6) is -0.353. The summed E-state index contributed by atoms with van der Waals surface area (Å²) in [6.07, 6.45) is 1.72. The van der Waals surface area contributed by atoms with Crippen LogP contribution in [0, 0.1) is 7.40 Å². The summed E-state index contributed by atoms with van der Waals surface area (Å²) in [5.41, 5.74) is 4.68. The molecular weight excluding hydrogens is 434 g/mol. The number of imidazole rings is 1. The van der Waals surface area contributed by atoms with Crippen molar-refractivity contribution in [2.75, 3.05) is 6.54 Å². The average molecular weight is 448 g/mol. The molecule has 0 radical (unpaired) electrons. The molecule has 0 aliphatic carbocycles. The molecular formula is C9H14I2N4O. The number of rotatable bonds is 5. The molecule has 1 amide bonds. The van der Waals surface area contributed by atoms with Gasteiger partial charge < -0.3 is 15.6 Å². The molecule has 0 aliphatic heterocycles. The Kier molecular flexibility index (Phi) is 4.98. The van der Waals surface area contributed by atoms with E-state index in [1.54, 1.807) is 6.33 Å².